The molecule has 0 aliphatic carbocycles. The molecule has 1 aromatic heterocycles. The Morgan fingerprint density at radius 2 is 1.87 bits per heavy atom. The Kier molecular flexibility index (Phi) is 5.51. The van der Waals surface area contributed by atoms with E-state index in [-0.39, 0.29) is 30.3 Å². The minimum Gasteiger partial charge on any atom is -0.355 e. The molecule has 0 saturated carbocycles. The van der Waals surface area contributed by atoms with Crippen LogP contribution in [0, 0.1) is 13.8 Å². The molecule has 23 heavy (non-hydrogen) atoms. The molecule has 0 spiro atoms. The van der Waals surface area contributed by atoms with E-state index in [1.54, 1.807) is 13.8 Å². The molecule has 0 fully saturated rings. The predicted octanol–water partition coefficient (Wildman–Crippen LogP) is 0.664. The molecule has 0 radical (unpaired) electrons. The van der Waals surface area contributed by atoms with E-state index in [4.69, 9.17) is 0 Å². The number of hydrogen-bond acceptors (Lipinski definition) is 4. The van der Waals surface area contributed by atoms with Gasteiger partial charge in [0.2, 0.25) is 15.9 Å². The number of H-pyrrole nitrogens is 1. The molecule has 7 nitrogen and oxygen atoms in total. The summed E-state index contributed by atoms with van der Waals surface area (Å²) in [5, 5.41) is 9.20. The van der Waals surface area contributed by atoms with E-state index < -0.39 is 10.0 Å². The third-order valence-corrected chi connectivity index (χ3v) is 5.00. The van der Waals surface area contributed by atoms with Gasteiger partial charge in [0, 0.05) is 13.1 Å². The van der Waals surface area contributed by atoms with Gasteiger partial charge in [-0.15, -0.1) is 0 Å². The van der Waals surface area contributed by atoms with Crippen molar-refractivity contribution in [2.24, 2.45) is 0 Å². The number of nitrogens with one attached hydrogen (secondary N) is 3. The lowest BCUT2D eigenvalue weighted by Gasteiger charge is -2.08. The zero-order valence-electron chi connectivity index (χ0n) is 13.1. The normalized spacial score (nSPS) is 11.4. The van der Waals surface area contributed by atoms with Crippen molar-refractivity contribution in [2.75, 3.05) is 13.1 Å². The standard InChI is InChI=1S/C15H20N4O3S/c1-11-15(12(2)19-18-11)23(21,22)17-9-8-16-14(20)10-13-6-4-3-5-7-13/h3-7,17H,8-10H2,1-2H3,(H,16,20)(H,18,19). The monoisotopic (exact) mass is 336 g/mol. The van der Waals surface area contributed by atoms with Gasteiger partial charge in [-0.1, -0.05) is 30.3 Å². The van der Waals surface area contributed by atoms with Crippen LogP contribution in [0.1, 0.15) is 17.0 Å². The van der Waals surface area contributed by atoms with Crippen LogP contribution < -0.4 is 10.0 Å². The maximum Gasteiger partial charge on any atom is 0.244 e. The summed E-state index contributed by atoms with van der Waals surface area (Å²) < 4.78 is 26.8. The van der Waals surface area contributed by atoms with Gasteiger partial charge in [0.1, 0.15) is 4.90 Å². The van der Waals surface area contributed by atoms with Crippen molar-refractivity contribution in [3.8, 4) is 0 Å². The minimum absolute atomic E-state index is 0.118. The van der Waals surface area contributed by atoms with Crippen molar-refractivity contribution >= 4 is 15.9 Å². The molecule has 0 unspecified atom stereocenters. The van der Waals surface area contributed by atoms with Crippen LogP contribution >= 0.6 is 0 Å². The summed E-state index contributed by atoms with van der Waals surface area (Å²) in [5.41, 5.74) is 1.82. The molecule has 2 rings (SSSR count). The topological polar surface area (TPSA) is 104 Å². The highest BCUT2D eigenvalue weighted by Gasteiger charge is 2.21. The first-order valence-electron chi connectivity index (χ1n) is 7.22. The summed E-state index contributed by atoms with van der Waals surface area (Å²) >= 11 is 0. The van der Waals surface area contributed by atoms with Crippen LogP contribution in [-0.2, 0) is 21.2 Å². The highest BCUT2D eigenvalue weighted by molar-refractivity contribution is 7.89. The summed E-state index contributed by atoms with van der Waals surface area (Å²) in [6, 6.07) is 9.36. The fraction of sp³-hybridized carbons (Fsp3) is 0.333. The highest BCUT2D eigenvalue weighted by Crippen LogP contribution is 2.15. The first kappa shape index (κ1) is 17.2. The van der Waals surface area contributed by atoms with Crippen LogP contribution in [0.3, 0.4) is 0 Å². The maximum absolute atomic E-state index is 12.2. The number of aromatic amines is 1. The van der Waals surface area contributed by atoms with E-state index in [1.807, 2.05) is 30.3 Å². The quantitative estimate of drug-likeness (QED) is 0.646. The number of hydrogen-bond donors (Lipinski definition) is 3. The van der Waals surface area contributed by atoms with Crippen LogP contribution in [0.25, 0.3) is 0 Å². The largest absolute Gasteiger partial charge is 0.355 e. The molecule has 0 bridgehead atoms. The van der Waals surface area contributed by atoms with Crippen molar-refractivity contribution in [1.82, 2.24) is 20.2 Å². The molecule has 8 heteroatoms. The van der Waals surface area contributed by atoms with Crippen molar-refractivity contribution < 1.29 is 13.2 Å². The molecule has 0 aliphatic rings. The van der Waals surface area contributed by atoms with E-state index in [0.29, 0.717) is 11.4 Å². The summed E-state index contributed by atoms with van der Waals surface area (Å²) in [6.07, 6.45) is 0.271. The minimum atomic E-state index is -3.63. The third kappa shape index (κ3) is 4.64. The fourth-order valence-corrected chi connectivity index (χ4v) is 3.64. The second-order valence-corrected chi connectivity index (χ2v) is 6.88. The Morgan fingerprint density at radius 1 is 1.17 bits per heavy atom. The molecule has 1 aromatic carbocycles. The zero-order valence-corrected chi connectivity index (χ0v) is 13.9. The zero-order chi connectivity index (χ0) is 16.9. The lowest BCUT2D eigenvalue weighted by atomic mass is 10.1. The first-order chi connectivity index (χ1) is 10.9. The number of benzene rings is 1. The van der Waals surface area contributed by atoms with Gasteiger partial charge in [-0.25, -0.2) is 13.1 Å². The van der Waals surface area contributed by atoms with Crippen molar-refractivity contribution in [3.05, 3.63) is 47.3 Å². The summed E-state index contributed by atoms with van der Waals surface area (Å²) in [7, 11) is -3.63. The van der Waals surface area contributed by atoms with Crippen molar-refractivity contribution in [3.63, 3.8) is 0 Å². The Morgan fingerprint density at radius 3 is 2.48 bits per heavy atom. The molecule has 3 N–H and O–H groups in total. The van der Waals surface area contributed by atoms with Crippen LogP contribution in [0.4, 0.5) is 0 Å². The van der Waals surface area contributed by atoms with E-state index in [0.717, 1.165) is 5.56 Å². The van der Waals surface area contributed by atoms with Crippen LogP contribution in [-0.4, -0.2) is 37.6 Å². The molecule has 0 atom stereocenters. The van der Waals surface area contributed by atoms with Crippen LogP contribution in [0.2, 0.25) is 0 Å². The number of amides is 1. The molecule has 0 saturated heterocycles. The Balaban J connectivity index is 1.80. The number of carbonyl (C=O) groups is 1. The second-order valence-electron chi connectivity index (χ2n) is 5.17. The summed E-state index contributed by atoms with van der Waals surface area (Å²) in [4.78, 5) is 11.9. The lowest BCUT2D eigenvalue weighted by molar-refractivity contribution is -0.120. The average Bonchev–Trinajstić information content (AvgIpc) is 2.84. The molecular formula is C15H20N4O3S. The number of aromatic nitrogens is 2. The van der Waals surface area contributed by atoms with Crippen LogP contribution in [0.5, 0.6) is 0 Å². The molecule has 124 valence electrons. The predicted molar refractivity (Wildman–Crippen MR) is 86.4 cm³/mol. The molecular weight excluding hydrogens is 316 g/mol. The summed E-state index contributed by atoms with van der Waals surface area (Å²) in [6.45, 7) is 3.61. The van der Waals surface area contributed by atoms with Gasteiger partial charge in [0.25, 0.3) is 0 Å². The summed E-state index contributed by atoms with van der Waals surface area (Å²) in [5.74, 6) is -0.147. The molecule has 1 heterocycles. The molecule has 1 amide bonds. The SMILES string of the molecule is Cc1n[nH]c(C)c1S(=O)(=O)NCCNC(=O)Cc1ccccc1. The number of sulfonamides is 1. The smallest absolute Gasteiger partial charge is 0.244 e. The fourth-order valence-electron chi connectivity index (χ4n) is 2.24. The van der Waals surface area contributed by atoms with Crippen LogP contribution in [0.15, 0.2) is 35.2 Å². The Bertz CT molecular complexity index is 750. The van der Waals surface area contributed by atoms with Gasteiger partial charge < -0.3 is 5.32 Å². The number of rotatable bonds is 7. The lowest BCUT2D eigenvalue weighted by Crippen LogP contribution is -2.35. The number of aryl methyl sites for hydroxylation is 2. The molecule has 2 aromatic rings. The van der Waals surface area contributed by atoms with E-state index >= 15 is 0 Å². The van der Waals surface area contributed by atoms with E-state index in [2.05, 4.69) is 20.2 Å². The maximum atomic E-state index is 12.2. The molecule has 0 aliphatic heterocycles. The Labute approximate surface area is 135 Å². The second kappa shape index (κ2) is 7.38. The van der Waals surface area contributed by atoms with Gasteiger partial charge >= 0.3 is 0 Å². The number of nitrogens with zero attached hydrogens (tertiary/aromatic N) is 1. The van der Waals surface area contributed by atoms with Gasteiger partial charge in [-0.05, 0) is 19.4 Å². The Hall–Kier alpha value is -2.19. The number of carbonyl (C=O) groups excluding carboxylic acids is 1. The van der Waals surface area contributed by atoms with E-state index in [9.17, 15) is 13.2 Å². The average molecular weight is 336 g/mol. The van der Waals surface area contributed by atoms with Crippen molar-refractivity contribution in [1.29, 1.82) is 0 Å². The van der Waals surface area contributed by atoms with Gasteiger partial charge in [-0.2, -0.15) is 5.10 Å². The first-order valence-corrected chi connectivity index (χ1v) is 8.70. The highest BCUT2D eigenvalue weighted by atomic mass is 32.2. The van der Waals surface area contributed by atoms with Gasteiger partial charge in [0.05, 0.1) is 17.8 Å². The van der Waals surface area contributed by atoms with E-state index in [1.165, 1.54) is 0 Å². The third-order valence-electron chi connectivity index (χ3n) is 3.28. The van der Waals surface area contributed by atoms with Gasteiger partial charge in [-0.3, -0.25) is 9.89 Å². The van der Waals surface area contributed by atoms with Gasteiger partial charge in [0.15, 0.2) is 0 Å². The van der Waals surface area contributed by atoms with Crippen molar-refractivity contribution in [2.45, 2.75) is 25.2 Å².